The highest BCUT2D eigenvalue weighted by Gasteiger charge is 2.34. The third kappa shape index (κ3) is 4.86. The maximum atomic E-state index is 13.5. The molecule has 2 aromatic carbocycles. The first kappa shape index (κ1) is 23.2. The van der Waals surface area contributed by atoms with Crippen molar-refractivity contribution >= 4 is 15.9 Å². The fraction of sp³-hybridized carbons (Fsp3) is 0.360. The SMILES string of the molecule is Cc1ccccc1CC(=O)N1CCN(S(=O)(=O)c2c(C)nn(Cc3ccccc3)c2C)CC1. The number of hydrogen-bond donors (Lipinski definition) is 0. The Labute approximate surface area is 195 Å². The summed E-state index contributed by atoms with van der Waals surface area (Å²) in [5.41, 5.74) is 4.30. The van der Waals surface area contributed by atoms with Gasteiger partial charge in [-0.3, -0.25) is 9.48 Å². The molecule has 1 aromatic heterocycles. The third-order valence-electron chi connectivity index (χ3n) is 6.28. The lowest BCUT2D eigenvalue weighted by Gasteiger charge is -2.34. The maximum absolute atomic E-state index is 13.5. The molecule has 0 radical (unpaired) electrons. The molecule has 174 valence electrons. The second-order valence-electron chi connectivity index (χ2n) is 8.53. The van der Waals surface area contributed by atoms with E-state index in [1.54, 1.807) is 23.4 Å². The molecule has 0 aliphatic carbocycles. The molecule has 4 rings (SSSR count). The topological polar surface area (TPSA) is 75.5 Å². The van der Waals surface area contributed by atoms with Gasteiger partial charge in [0.2, 0.25) is 15.9 Å². The van der Waals surface area contributed by atoms with Crippen molar-refractivity contribution in [1.82, 2.24) is 19.0 Å². The monoisotopic (exact) mass is 466 g/mol. The lowest BCUT2D eigenvalue weighted by atomic mass is 10.1. The predicted molar refractivity (Wildman–Crippen MR) is 127 cm³/mol. The van der Waals surface area contributed by atoms with Crippen molar-refractivity contribution in [3.8, 4) is 0 Å². The van der Waals surface area contributed by atoms with Crippen LogP contribution in [0.1, 0.15) is 28.1 Å². The van der Waals surface area contributed by atoms with Gasteiger partial charge in [0.15, 0.2) is 0 Å². The zero-order chi connectivity index (χ0) is 23.6. The Morgan fingerprint density at radius 2 is 1.55 bits per heavy atom. The van der Waals surface area contributed by atoms with Crippen LogP contribution in [0.5, 0.6) is 0 Å². The van der Waals surface area contributed by atoms with Crippen LogP contribution in [0.2, 0.25) is 0 Å². The summed E-state index contributed by atoms with van der Waals surface area (Å²) < 4.78 is 30.2. The van der Waals surface area contributed by atoms with E-state index in [1.807, 2.05) is 61.5 Å². The van der Waals surface area contributed by atoms with Crippen molar-refractivity contribution in [3.63, 3.8) is 0 Å². The molecule has 7 nitrogen and oxygen atoms in total. The second-order valence-corrected chi connectivity index (χ2v) is 10.4. The highest BCUT2D eigenvalue weighted by molar-refractivity contribution is 7.89. The van der Waals surface area contributed by atoms with E-state index < -0.39 is 10.0 Å². The van der Waals surface area contributed by atoms with E-state index in [0.29, 0.717) is 37.4 Å². The quantitative estimate of drug-likeness (QED) is 0.560. The van der Waals surface area contributed by atoms with Crippen LogP contribution in [0.15, 0.2) is 59.5 Å². The molecule has 1 fully saturated rings. The van der Waals surface area contributed by atoms with Gasteiger partial charge in [-0.25, -0.2) is 8.42 Å². The fourth-order valence-electron chi connectivity index (χ4n) is 4.35. The minimum atomic E-state index is -3.70. The summed E-state index contributed by atoms with van der Waals surface area (Å²) in [6.45, 7) is 7.40. The number of benzene rings is 2. The average molecular weight is 467 g/mol. The smallest absolute Gasteiger partial charge is 0.246 e. The highest BCUT2D eigenvalue weighted by Crippen LogP contribution is 2.25. The van der Waals surface area contributed by atoms with Crippen molar-refractivity contribution in [2.45, 2.75) is 38.6 Å². The van der Waals surface area contributed by atoms with Crippen molar-refractivity contribution in [2.75, 3.05) is 26.2 Å². The average Bonchev–Trinajstić information content (AvgIpc) is 3.09. The first-order valence-corrected chi connectivity index (χ1v) is 12.6. The molecular weight excluding hydrogens is 436 g/mol. The fourth-order valence-corrected chi connectivity index (χ4v) is 6.15. The number of aromatic nitrogens is 2. The molecule has 0 unspecified atom stereocenters. The molecule has 8 heteroatoms. The minimum absolute atomic E-state index is 0.0318. The summed E-state index contributed by atoms with van der Waals surface area (Å²) in [7, 11) is -3.70. The van der Waals surface area contributed by atoms with Crippen LogP contribution in [0.25, 0.3) is 0 Å². The van der Waals surface area contributed by atoms with Crippen LogP contribution in [0, 0.1) is 20.8 Å². The number of nitrogens with zero attached hydrogens (tertiary/aromatic N) is 4. The van der Waals surface area contributed by atoms with Crippen molar-refractivity contribution in [3.05, 3.63) is 82.7 Å². The molecule has 1 saturated heterocycles. The molecule has 0 atom stereocenters. The standard InChI is InChI=1S/C25H30N4O3S/c1-19-9-7-8-12-23(19)17-24(30)27-13-15-28(16-14-27)33(31,32)25-20(2)26-29(21(25)3)18-22-10-5-4-6-11-22/h4-12H,13-18H2,1-3H3. The van der Waals surface area contributed by atoms with E-state index in [1.165, 1.54) is 4.31 Å². The zero-order valence-electron chi connectivity index (χ0n) is 19.4. The lowest BCUT2D eigenvalue weighted by molar-refractivity contribution is -0.131. The van der Waals surface area contributed by atoms with Crippen molar-refractivity contribution in [2.24, 2.45) is 0 Å². The molecule has 3 aromatic rings. The van der Waals surface area contributed by atoms with Gasteiger partial charge in [0.1, 0.15) is 4.90 Å². The summed E-state index contributed by atoms with van der Waals surface area (Å²) in [5.74, 6) is 0.0318. The zero-order valence-corrected chi connectivity index (χ0v) is 20.2. The number of sulfonamides is 1. The van der Waals surface area contributed by atoms with Crippen LogP contribution in [0.3, 0.4) is 0 Å². The normalized spacial score (nSPS) is 15.1. The van der Waals surface area contributed by atoms with Crippen molar-refractivity contribution in [1.29, 1.82) is 0 Å². The van der Waals surface area contributed by atoms with E-state index in [9.17, 15) is 13.2 Å². The number of carbonyl (C=O) groups excluding carboxylic acids is 1. The Morgan fingerprint density at radius 1 is 0.909 bits per heavy atom. The van der Waals surface area contributed by atoms with E-state index in [4.69, 9.17) is 0 Å². The Bertz CT molecular complexity index is 1240. The van der Waals surface area contributed by atoms with Crippen LogP contribution < -0.4 is 0 Å². The molecule has 33 heavy (non-hydrogen) atoms. The van der Waals surface area contributed by atoms with Gasteiger partial charge in [-0.15, -0.1) is 0 Å². The molecule has 1 aliphatic heterocycles. The molecule has 0 N–H and O–H groups in total. The van der Waals surface area contributed by atoms with E-state index >= 15 is 0 Å². The van der Waals surface area contributed by atoms with Crippen molar-refractivity contribution < 1.29 is 13.2 Å². The Hall–Kier alpha value is -2.97. The number of piperazine rings is 1. The lowest BCUT2D eigenvalue weighted by Crippen LogP contribution is -2.51. The number of amides is 1. The van der Waals surface area contributed by atoms with Gasteiger partial charge in [-0.05, 0) is 37.5 Å². The first-order chi connectivity index (χ1) is 15.8. The summed E-state index contributed by atoms with van der Waals surface area (Å²) in [6, 6.07) is 17.7. The van der Waals surface area contributed by atoms with Gasteiger partial charge < -0.3 is 4.90 Å². The van der Waals surface area contributed by atoms with E-state index in [-0.39, 0.29) is 23.9 Å². The minimum Gasteiger partial charge on any atom is -0.340 e. The van der Waals surface area contributed by atoms with E-state index in [2.05, 4.69) is 5.10 Å². The number of aryl methyl sites for hydroxylation is 2. The number of carbonyl (C=O) groups is 1. The third-order valence-corrected chi connectivity index (χ3v) is 8.43. The van der Waals surface area contributed by atoms with Crippen LogP contribution in [0.4, 0.5) is 0 Å². The van der Waals surface area contributed by atoms with Gasteiger partial charge in [0.05, 0.1) is 24.4 Å². The predicted octanol–water partition coefficient (Wildman–Crippen LogP) is 2.93. The highest BCUT2D eigenvalue weighted by atomic mass is 32.2. The summed E-state index contributed by atoms with van der Waals surface area (Å²) >= 11 is 0. The summed E-state index contributed by atoms with van der Waals surface area (Å²) in [5, 5.41) is 4.51. The largest absolute Gasteiger partial charge is 0.340 e. The molecule has 0 saturated carbocycles. The van der Waals surface area contributed by atoms with E-state index in [0.717, 1.165) is 16.7 Å². The molecule has 0 bridgehead atoms. The van der Waals surface area contributed by atoms with Crippen LogP contribution >= 0.6 is 0 Å². The summed E-state index contributed by atoms with van der Waals surface area (Å²) in [4.78, 5) is 14.8. The second kappa shape index (κ2) is 9.49. The van der Waals surface area contributed by atoms with Gasteiger partial charge >= 0.3 is 0 Å². The Morgan fingerprint density at radius 3 is 2.21 bits per heavy atom. The molecule has 1 aliphatic rings. The van der Waals surface area contributed by atoms with Crippen LogP contribution in [-0.2, 0) is 27.8 Å². The first-order valence-electron chi connectivity index (χ1n) is 11.2. The molecule has 2 heterocycles. The van der Waals surface area contributed by atoms with Gasteiger partial charge in [0.25, 0.3) is 0 Å². The number of hydrogen-bond acceptors (Lipinski definition) is 4. The molecular formula is C25H30N4O3S. The Kier molecular flexibility index (Phi) is 6.67. The maximum Gasteiger partial charge on any atom is 0.246 e. The van der Waals surface area contributed by atoms with Gasteiger partial charge in [0, 0.05) is 26.2 Å². The Balaban J connectivity index is 1.45. The van der Waals surface area contributed by atoms with Crippen LogP contribution in [-0.4, -0.2) is 59.5 Å². The molecule has 0 spiro atoms. The summed E-state index contributed by atoms with van der Waals surface area (Å²) in [6.07, 6.45) is 0.337. The van der Waals surface area contributed by atoms with Gasteiger partial charge in [-0.1, -0.05) is 54.6 Å². The molecule has 1 amide bonds. The number of rotatable bonds is 6. The van der Waals surface area contributed by atoms with Gasteiger partial charge in [-0.2, -0.15) is 9.40 Å².